The number of hydrogen-bond donors (Lipinski definition) is 1. The molecule has 0 saturated carbocycles. The van der Waals surface area contributed by atoms with Crippen molar-refractivity contribution in [1.82, 2.24) is 5.32 Å². The Bertz CT molecular complexity index is 420. The number of esters is 1. The quantitative estimate of drug-likeness (QED) is 0.743. The molecular formula is C16H25NO3. The Morgan fingerprint density at radius 2 is 2.00 bits per heavy atom. The van der Waals surface area contributed by atoms with Crippen molar-refractivity contribution in [2.24, 2.45) is 0 Å². The molecule has 4 nitrogen and oxygen atoms in total. The smallest absolute Gasteiger partial charge is 0.322 e. The Labute approximate surface area is 121 Å². The van der Waals surface area contributed by atoms with E-state index in [0.717, 1.165) is 30.6 Å². The van der Waals surface area contributed by atoms with Crippen LogP contribution in [0.1, 0.15) is 44.7 Å². The van der Waals surface area contributed by atoms with E-state index in [1.165, 1.54) is 7.11 Å². The molecule has 0 radical (unpaired) electrons. The Morgan fingerprint density at radius 1 is 1.30 bits per heavy atom. The van der Waals surface area contributed by atoms with Crippen LogP contribution in [0.25, 0.3) is 0 Å². The first-order chi connectivity index (χ1) is 9.63. The summed E-state index contributed by atoms with van der Waals surface area (Å²) >= 11 is 0. The first kappa shape index (κ1) is 16.5. The van der Waals surface area contributed by atoms with E-state index < -0.39 is 0 Å². The fourth-order valence-corrected chi connectivity index (χ4v) is 2.24. The van der Waals surface area contributed by atoms with Crippen LogP contribution in [0.3, 0.4) is 0 Å². The van der Waals surface area contributed by atoms with Crippen LogP contribution < -0.4 is 10.1 Å². The fraction of sp³-hybridized carbons (Fsp3) is 0.562. The van der Waals surface area contributed by atoms with E-state index in [1.54, 1.807) is 7.11 Å². The van der Waals surface area contributed by atoms with Gasteiger partial charge in [-0.25, -0.2) is 0 Å². The number of para-hydroxylation sites is 1. The van der Waals surface area contributed by atoms with Gasteiger partial charge in [-0.2, -0.15) is 0 Å². The topological polar surface area (TPSA) is 47.6 Å². The van der Waals surface area contributed by atoms with E-state index in [1.807, 2.05) is 31.2 Å². The summed E-state index contributed by atoms with van der Waals surface area (Å²) in [6.07, 6.45) is 2.83. The Hall–Kier alpha value is -1.55. The third kappa shape index (κ3) is 4.53. The number of unbranched alkanes of at least 4 members (excludes halogenated alkanes) is 1. The van der Waals surface area contributed by atoms with Gasteiger partial charge >= 0.3 is 5.97 Å². The van der Waals surface area contributed by atoms with E-state index in [9.17, 15) is 4.79 Å². The minimum atomic E-state index is -0.278. The lowest BCUT2D eigenvalue weighted by Gasteiger charge is -2.23. The number of rotatable bonds is 8. The maximum atomic E-state index is 11.8. The predicted octanol–water partition coefficient (Wildman–Crippen LogP) is 3.08. The van der Waals surface area contributed by atoms with Gasteiger partial charge in [0.15, 0.2) is 0 Å². The molecule has 112 valence electrons. The molecule has 0 bridgehead atoms. The molecule has 1 aromatic carbocycles. The highest BCUT2D eigenvalue weighted by Gasteiger charge is 2.22. The molecule has 0 saturated heterocycles. The number of methoxy groups -OCH3 is 2. The molecule has 0 aromatic heterocycles. The highest BCUT2D eigenvalue weighted by Crippen LogP contribution is 2.25. The third-order valence-electron chi connectivity index (χ3n) is 3.39. The number of ether oxygens (including phenoxy) is 2. The first-order valence-electron chi connectivity index (χ1n) is 7.10. The summed E-state index contributed by atoms with van der Waals surface area (Å²) < 4.78 is 10.2. The van der Waals surface area contributed by atoms with E-state index in [0.29, 0.717) is 0 Å². The average molecular weight is 279 g/mol. The normalized spacial score (nSPS) is 13.6. The largest absolute Gasteiger partial charge is 0.496 e. The standard InChI is InChI=1S/C16H25NO3/c1-5-6-10-14(16(18)20-4)17-12(2)13-9-7-8-11-15(13)19-3/h7-9,11-12,14,17H,5-6,10H2,1-4H3/t12-,14?/m1/s1. The third-order valence-corrected chi connectivity index (χ3v) is 3.39. The molecule has 0 aliphatic heterocycles. The monoisotopic (exact) mass is 279 g/mol. The summed E-state index contributed by atoms with van der Waals surface area (Å²) in [4.78, 5) is 11.8. The number of carbonyl (C=O) groups is 1. The highest BCUT2D eigenvalue weighted by atomic mass is 16.5. The van der Waals surface area contributed by atoms with Gasteiger partial charge < -0.3 is 9.47 Å². The molecule has 4 heteroatoms. The molecule has 1 aromatic rings. The van der Waals surface area contributed by atoms with Crippen molar-refractivity contribution in [3.63, 3.8) is 0 Å². The first-order valence-corrected chi connectivity index (χ1v) is 7.10. The van der Waals surface area contributed by atoms with Crippen molar-refractivity contribution in [2.75, 3.05) is 14.2 Å². The van der Waals surface area contributed by atoms with E-state index in [2.05, 4.69) is 12.2 Å². The molecule has 0 heterocycles. The van der Waals surface area contributed by atoms with Gasteiger partial charge in [0.25, 0.3) is 0 Å². The summed E-state index contributed by atoms with van der Waals surface area (Å²) in [5.74, 6) is 0.617. The molecule has 20 heavy (non-hydrogen) atoms. The van der Waals surface area contributed by atoms with Crippen molar-refractivity contribution in [1.29, 1.82) is 0 Å². The van der Waals surface area contributed by atoms with Gasteiger partial charge in [-0.05, 0) is 19.4 Å². The lowest BCUT2D eigenvalue weighted by Crippen LogP contribution is -2.39. The molecule has 2 atom stereocenters. The van der Waals surface area contributed by atoms with E-state index >= 15 is 0 Å². The zero-order valence-corrected chi connectivity index (χ0v) is 12.8. The molecule has 1 N–H and O–H groups in total. The molecule has 0 aliphatic rings. The summed E-state index contributed by atoms with van der Waals surface area (Å²) in [7, 11) is 3.08. The van der Waals surface area contributed by atoms with Crippen LogP contribution in [-0.2, 0) is 9.53 Å². The Balaban J connectivity index is 2.78. The molecule has 0 fully saturated rings. The Kier molecular flexibility index (Phi) is 7.09. The molecule has 0 amide bonds. The van der Waals surface area contributed by atoms with Crippen molar-refractivity contribution >= 4 is 5.97 Å². The minimum Gasteiger partial charge on any atom is -0.496 e. The second kappa shape index (κ2) is 8.59. The zero-order chi connectivity index (χ0) is 15.0. The SMILES string of the molecule is CCCCC(N[C@H](C)c1ccccc1OC)C(=O)OC. The minimum absolute atomic E-state index is 0.0205. The van der Waals surface area contributed by atoms with E-state index in [-0.39, 0.29) is 18.1 Å². The van der Waals surface area contributed by atoms with Gasteiger partial charge in [0.1, 0.15) is 11.8 Å². The maximum absolute atomic E-state index is 11.8. The van der Waals surface area contributed by atoms with Crippen molar-refractivity contribution < 1.29 is 14.3 Å². The van der Waals surface area contributed by atoms with Crippen LogP contribution in [0, 0.1) is 0 Å². The molecule has 0 aliphatic carbocycles. The molecule has 1 rings (SSSR count). The maximum Gasteiger partial charge on any atom is 0.322 e. The summed E-state index contributed by atoms with van der Waals surface area (Å²) in [6, 6.07) is 7.57. The van der Waals surface area contributed by atoms with Gasteiger partial charge in [0.2, 0.25) is 0 Å². The van der Waals surface area contributed by atoms with Crippen LogP contribution >= 0.6 is 0 Å². The Morgan fingerprint density at radius 3 is 2.60 bits per heavy atom. The van der Waals surface area contributed by atoms with Crippen LogP contribution in [0.4, 0.5) is 0 Å². The highest BCUT2D eigenvalue weighted by molar-refractivity contribution is 5.75. The summed E-state index contributed by atoms with van der Waals surface area (Å²) in [5.41, 5.74) is 1.04. The predicted molar refractivity (Wildman–Crippen MR) is 79.9 cm³/mol. The molecule has 1 unspecified atom stereocenters. The fourth-order valence-electron chi connectivity index (χ4n) is 2.24. The van der Waals surface area contributed by atoms with Crippen molar-refractivity contribution in [3.05, 3.63) is 29.8 Å². The van der Waals surface area contributed by atoms with Crippen LogP contribution in [0.2, 0.25) is 0 Å². The molecule has 0 spiro atoms. The zero-order valence-electron chi connectivity index (χ0n) is 12.8. The van der Waals surface area contributed by atoms with Gasteiger partial charge in [0.05, 0.1) is 14.2 Å². The van der Waals surface area contributed by atoms with Crippen LogP contribution in [-0.4, -0.2) is 26.2 Å². The number of hydrogen-bond acceptors (Lipinski definition) is 4. The summed E-state index contributed by atoms with van der Waals surface area (Å²) in [5, 5.41) is 3.34. The van der Waals surface area contributed by atoms with Gasteiger partial charge in [-0.15, -0.1) is 0 Å². The van der Waals surface area contributed by atoms with Gasteiger partial charge in [-0.3, -0.25) is 10.1 Å². The number of benzene rings is 1. The lowest BCUT2D eigenvalue weighted by molar-refractivity contribution is -0.143. The van der Waals surface area contributed by atoms with Gasteiger partial charge in [-0.1, -0.05) is 38.0 Å². The number of nitrogens with one attached hydrogen (secondary N) is 1. The van der Waals surface area contributed by atoms with Crippen LogP contribution in [0.5, 0.6) is 5.75 Å². The summed E-state index contributed by atoms with van der Waals surface area (Å²) in [6.45, 7) is 4.14. The van der Waals surface area contributed by atoms with Crippen molar-refractivity contribution in [3.8, 4) is 5.75 Å². The second-order valence-corrected chi connectivity index (χ2v) is 4.85. The van der Waals surface area contributed by atoms with E-state index in [4.69, 9.17) is 9.47 Å². The second-order valence-electron chi connectivity index (χ2n) is 4.85. The van der Waals surface area contributed by atoms with Crippen LogP contribution in [0.15, 0.2) is 24.3 Å². The average Bonchev–Trinajstić information content (AvgIpc) is 2.50. The number of carbonyl (C=O) groups excluding carboxylic acids is 1. The van der Waals surface area contributed by atoms with Crippen molar-refractivity contribution in [2.45, 2.75) is 45.2 Å². The lowest BCUT2D eigenvalue weighted by atomic mass is 10.0. The van der Waals surface area contributed by atoms with Gasteiger partial charge in [0, 0.05) is 11.6 Å². The molecular weight excluding hydrogens is 254 g/mol.